The Hall–Kier alpha value is -3.51. The Kier molecular flexibility index (Phi) is 5.63. The molecule has 4 aromatic rings. The zero-order chi connectivity index (χ0) is 20.1. The van der Waals surface area contributed by atoms with Crippen molar-refractivity contribution < 1.29 is 9.84 Å². The van der Waals surface area contributed by atoms with Crippen LogP contribution in [-0.2, 0) is 13.2 Å². The summed E-state index contributed by atoms with van der Waals surface area (Å²) < 4.78 is 7.70. The van der Waals surface area contributed by atoms with Crippen molar-refractivity contribution in [3.05, 3.63) is 84.6 Å². The Balaban J connectivity index is 1.59. The van der Waals surface area contributed by atoms with Crippen molar-refractivity contribution in [2.45, 2.75) is 20.1 Å². The highest BCUT2D eigenvalue weighted by atomic mass is 16.5. The molecule has 0 aliphatic carbocycles. The summed E-state index contributed by atoms with van der Waals surface area (Å²) in [5, 5.41) is 13.9. The lowest BCUT2D eigenvalue weighted by Gasteiger charge is -2.11. The lowest BCUT2D eigenvalue weighted by molar-refractivity contribution is 0.270. The average molecular weight is 386 g/mol. The van der Waals surface area contributed by atoms with Gasteiger partial charge in [-0.1, -0.05) is 6.07 Å². The molecule has 0 radical (unpaired) electrons. The van der Waals surface area contributed by atoms with Crippen LogP contribution in [0, 0.1) is 6.92 Å². The van der Waals surface area contributed by atoms with Crippen LogP contribution in [0.15, 0.2) is 73.2 Å². The molecule has 0 bridgehead atoms. The van der Waals surface area contributed by atoms with Gasteiger partial charge in [-0.25, -0.2) is 0 Å². The van der Waals surface area contributed by atoms with Crippen molar-refractivity contribution in [2.75, 3.05) is 6.61 Å². The predicted molar refractivity (Wildman–Crippen MR) is 111 cm³/mol. The maximum absolute atomic E-state index is 9.42. The molecule has 3 heterocycles. The number of ether oxygens (including phenoxy) is 1. The van der Waals surface area contributed by atoms with Crippen molar-refractivity contribution in [1.82, 2.24) is 19.7 Å². The van der Waals surface area contributed by atoms with E-state index in [1.165, 1.54) is 0 Å². The summed E-state index contributed by atoms with van der Waals surface area (Å²) in [6, 6.07) is 17.7. The molecule has 0 saturated carbocycles. The number of benzene rings is 1. The third-order valence-electron chi connectivity index (χ3n) is 4.60. The Bertz CT molecular complexity index is 1080. The molecule has 3 aromatic heterocycles. The summed E-state index contributed by atoms with van der Waals surface area (Å²) in [4.78, 5) is 8.55. The lowest BCUT2D eigenvalue weighted by Crippen LogP contribution is -2.06. The first-order valence-corrected chi connectivity index (χ1v) is 9.47. The van der Waals surface area contributed by atoms with Gasteiger partial charge >= 0.3 is 0 Å². The van der Waals surface area contributed by atoms with E-state index in [1.54, 1.807) is 12.4 Å². The summed E-state index contributed by atoms with van der Waals surface area (Å²) in [6.45, 7) is 2.84. The number of hydrogen-bond donors (Lipinski definition) is 1. The molecule has 6 heteroatoms. The molecule has 1 N–H and O–H groups in total. The van der Waals surface area contributed by atoms with E-state index in [0.29, 0.717) is 13.2 Å². The van der Waals surface area contributed by atoms with E-state index >= 15 is 0 Å². The predicted octanol–water partition coefficient (Wildman–Crippen LogP) is 3.89. The first kappa shape index (κ1) is 18.8. The molecule has 29 heavy (non-hydrogen) atoms. The first-order valence-electron chi connectivity index (χ1n) is 9.47. The van der Waals surface area contributed by atoms with E-state index in [0.717, 1.165) is 39.5 Å². The van der Waals surface area contributed by atoms with E-state index in [2.05, 4.69) is 15.1 Å². The van der Waals surface area contributed by atoms with Crippen LogP contribution >= 0.6 is 0 Å². The molecule has 0 aliphatic rings. The van der Waals surface area contributed by atoms with Crippen molar-refractivity contribution >= 4 is 0 Å². The van der Waals surface area contributed by atoms with Crippen LogP contribution in [0.2, 0.25) is 0 Å². The smallest absolute Gasteiger partial charge is 0.130 e. The highest BCUT2D eigenvalue weighted by molar-refractivity contribution is 5.80. The minimum Gasteiger partial charge on any atom is -0.487 e. The standard InChI is InChI=1S/C23H22N4O2/c1-17-3-2-4-20(26-17)16-29-21-7-5-19(6-8-21)23-22(15-25-27(23)13-14-28)18-9-11-24-12-10-18/h2-12,15,28H,13-14,16H2,1H3. The molecule has 0 saturated heterocycles. The van der Waals surface area contributed by atoms with Crippen LogP contribution < -0.4 is 4.74 Å². The van der Waals surface area contributed by atoms with Crippen LogP contribution in [0.3, 0.4) is 0 Å². The van der Waals surface area contributed by atoms with Gasteiger partial charge in [0.2, 0.25) is 0 Å². The molecule has 0 amide bonds. The molecular weight excluding hydrogens is 364 g/mol. The Morgan fingerprint density at radius 2 is 1.76 bits per heavy atom. The number of aliphatic hydroxyl groups excluding tert-OH is 1. The molecule has 0 fully saturated rings. The number of aryl methyl sites for hydroxylation is 1. The summed E-state index contributed by atoms with van der Waals surface area (Å²) in [5.41, 5.74) is 5.86. The molecular formula is C23H22N4O2. The molecule has 0 unspecified atom stereocenters. The van der Waals surface area contributed by atoms with E-state index in [9.17, 15) is 5.11 Å². The summed E-state index contributed by atoms with van der Waals surface area (Å²) >= 11 is 0. The number of hydrogen-bond acceptors (Lipinski definition) is 5. The molecule has 6 nitrogen and oxygen atoms in total. The number of nitrogens with zero attached hydrogens (tertiary/aromatic N) is 4. The molecule has 0 aliphatic heterocycles. The SMILES string of the molecule is Cc1cccc(COc2ccc(-c3c(-c4ccncc4)cnn3CCO)cc2)n1. The molecule has 4 rings (SSSR count). The molecule has 0 spiro atoms. The number of aliphatic hydroxyl groups is 1. The highest BCUT2D eigenvalue weighted by Crippen LogP contribution is 2.32. The van der Waals surface area contributed by atoms with Crippen LogP contribution in [0.25, 0.3) is 22.4 Å². The third kappa shape index (κ3) is 4.33. The maximum Gasteiger partial charge on any atom is 0.130 e. The van der Waals surface area contributed by atoms with Gasteiger partial charge < -0.3 is 9.84 Å². The van der Waals surface area contributed by atoms with Gasteiger partial charge in [-0.05, 0) is 61.0 Å². The van der Waals surface area contributed by atoms with Gasteiger partial charge in [0.1, 0.15) is 12.4 Å². The number of rotatable bonds is 7. The van der Waals surface area contributed by atoms with E-state index in [-0.39, 0.29) is 6.61 Å². The van der Waals surface area contributed by atoms with E-state index < -0.39 is 0 Å². The van der Waals surface area contributed by atoms with Crippen LogP contribution in [0.5, 0.6) is 5.75 Å². The monoisotopic (exact) mass is 386 g/mol. The van der Waals surface area contributed by atoms with Crippen LogP contribution in [0.1, 0.15) is 11.4 Å². The topological polar surface area (TPSA) is 73.1 Å². The maximum atomic E-state index is 9.42. The third-order valence-corrected chi connectivity index (χ3v) is 4.60. The quantitative estimate of drug-likeness (QED) is 0.522. The minimum atomic E-state index is 0.0230. The van der Waals surface area contributed by atoms with Gasteiger partial charge in [0.05, 0.1) is 30.7 Å². The van der Waals surface area contributed by atoms with Crippen LogP contribution in [0.4, 0.5) is 0 Å². The fraction of sp³-hybridized carbons (Fsp3) is 0.174. The fourth-order valence-electron chi connectivity index (χ4n) is 3.24. The molecule has 146 valence electrons. The van der Waals surface area contributed by atoms with E-state index in [4.69, 9.17) is 4.74 Å². The van der Waals surface area contributed by atoms with Crippen molar-refractivity contribution in [2.24, 2.45) is 0 Å². The Morgan fingerprint density at radius 3 is 2.48 bits per heavy atom. The van der Waals surface area contributed by atoms with Gasteiger partial charge in [-0.15, -0.1) is 0 Å². The second kappa shape index (κ2) is 8.67. The van der Waals surface area contributed by atoms with Crippen molar-refractivity contribution in [3.63, 3.8) is 0 Å². The van der Waals surface area contributed by atoms with Gasteiger partial charge in [0.15, 0.2) is 0 Å². The van der Waals surface area contributed by atoms with E-state index in [1.807, 2.05) is 72.4 Å². The zero-order valence-corrected chi connectivity index (χ0v) is 16.2. The summed E-state index contributed by atoms with van der Waals surface area (Å²) in [7, 11) is 0. The number of pyridine rings is 2. The van der Waals surface area contributed by atoms with Gasteiger partial charge in [-0.2, -0.15) is 5.10 Å². The molecule has 1 aromatic carbocycles. The van der Waals surface area contributed by atoms with Gasteiger partial charge in [0, 0.05) is 29.2 Å². The normalized spacial score (nSPS) is 10.8. The summed E-state index contributed by atoms with van der Waals surface area (Å²) in [6.07, 6.45) is 5.35. The second-order valence-electron chi connectivity index (χ2n) is 6.67. The number of aromatic nitrogens is 4. The minimum absolute atomic E-state index is 0.0230. The van der Waals surface area contributed by atoms with Crippen LogP contribution in [-0.4, -0.2) is 31.5 Å². The lowest BCUT2D eigenvalue weighted by atomic mass is 10.0. The van der Waals surface area contributed by atoms with Crippen molar-refractivity contribution in [3.8, 4) is 28.1 Å². The zero-order valence-electron chi connectivity index (χ0n) is 16.2. The average Bonchev–Trinajstić information content (AvgIpc) is 3.17. The summed E-state index contributed by atoms with van der Waals surface area (Å²) in [5.74, 6) is 0.774. The molecule has 0 atom stereocenters. The highest BCUT2D eigenvalue weighted by Gasteiger charge is 2.14. The van der Waals surface area contributed by atoms with Gasteiger partial charge in [0.25, 0.3) is 0 Å². The second-order valence-corrected chi connectivity index (χ2v) is 6.67. The van der Waals surface area contributed by atoms with Crippen molar-refractivity contribution in [1.29, 1.82) is 0 Å². The first-order chi connectivity index (χ1) is 14.2. The Labute approximate surface area is 169 Å². The fourth-order valence-corrected chi connectivity index (χ4v) is 3.24. The largest absolute Gasteiger partial charge is 0.487 e. The van der Waals surface area contributed by atoms with Gasteiger partial charge in [-0.3, -0.25) is 14.6 Å². The Morgan fingerprint density at radius 1 is 0.966 bits per heavy atom.